The van der Waals surface area contributed by atoms with Crippen LogP contribution in [-0.2, 0) is 13.8 Å². The van der Waals surface area contributed by atoms with E-state index in [0.717, 1.165) is 12.7 Å². The molecule has 0 bridgehead atoms. The second-order valence-corrected chi connectivity index (χ2v) is 7.80. The molecule has 1 aliphatic rings. The minimum absolute atomic E-state index is 0.0192. The van der Waals surface area contributed by atoms with E-state index in [0.29, 0.717) is 19.1 Å². The largest absolute Gasteiger partial charge is 0.379 e. The molecule has 8 heteroatoms. The summed E-state index contributed by atoms with van der Waals surface area (Å²) in [7, 11) is 1.27. The van der Waals surface area contributed by atoms with E-state index in [1.54, 1.807) is 0 Å². The Kier molecular flexibility index (Phi) is 5.48. The van der Waals surface area contributed by atoms with Crippen LogP contribution < -0.4 is 5.32 Å². The normalized spacial score (nSPS) is 15.0. The molecule has 0 spiro atoms. The average Bonchev–Trinajstić information content (AvgIpc) is 3.21. The number of nitrogens with one attached hydrogen (secondary N) is 1. The Balaban J connectivity index is 1.89. The predicted molar refractivity (Wildman–Crippen MR) is 80.4 cm³/mol. The predicted octanol–water partition coefficient (Wildman–Crippen LogP) is 2.42. The molecule has 2 rings (SSSR count). The van der Waals surface area contributed by atoms with E-state index in [9.17, 15) is 13.2 Å². The summed E-state index contributed by atoms with van der Waals surface area (Å²) in [5.41, 5.74) is 0.181. The van der Waals surface area contributed by atoms with Gasteiger partial charge in [-0.1, -0.05) is 11.6 Å². The number of hydrogen-bond donors (Lipinski definition) is 1. The van der Waals surface area contributed by atoms with Crippen molar-refractivity contribution in [3.8, 4) is 0 Å². The Morgan fingerprint density at radius 1 is 1.38 bits per heavy atom. The maximum Gasteiger partial charge on any atom is 0.262 e. The van der Waals surface area contributed by atoms with Crippen LogP contribution in [0.2, 0.25) is 5.02 Å². The quantitative estimate of drug-likeness (QED) is 0.604. The van der Waals surface area contributed by atoms with Gasteiger partial charge in [-0.25, -0.2) is 8.42 Å². The molecule has 1 aliphatic carbocycles. The first-order valence-electron chi connectivity index (χ1n) is 6.48. The average molecular weight is 352 g/mol. The number of hydrogen-bond acceptors (Lipinski definition) is 4. The fraction of sp³-hybridized carbons (Fsp3) is 0.462. The van der Waals surface area contributed by atoms with Crippen LogP contribution in [0, 0.1) is 5.92 Å². The first-order valence-corrected chi connectivity index (χ1v) is 9.17. The number of benzene rings is 1. The van der Waals surface area contributed by atoms with Crippen molar-refractivity contribution in [3.05, 3.63) is 28.8 Å². The lowest BCUT2D eigenvalue weighted by molar-refractivity contribution is 0.0906. The Hall–Kier alpha value is -0.820. The van der Waals surface area contributed by atoms with Gasteiger partial charge < -0.3 is 10.1 Å². The molecular formula is C13H15Cl2NO4S. The molecule has 0 atom stereocenters. The molecule has 0 aromatic heterocycles. The third-order valence-electron chi connectivity index (χ3n) is 3.04. The van der Waals surface area contributed by atoms with Crippen molar-refractivity contribution in [3.63, 3.8) is 0 Å². The smallest absolute Gasteiger partial charge is 0.262 e. The van der Waals surface area contributed by atoms with Gasteiger partial charge in [0.15, 0.2) is 0 Å². The van der Waals surface area contributed by atoms with E-state index >= 15 is 0 Å². The second-order valence-electron chi connectivity index (χ2n) is 4.86. The lowest BCUT2D eigenvalue weighted by Crippen LogP contribution is -2.27. The van der Waals surface area contributed by atoms with Crippen molar-refractivity contribution in [2.75, 3.05) is 19.8 Å². The molecule has 21 heavy (non-hydrogen) atoms. The Morgan fingerprint density at radius 3 is 2.71 bits per heavy atom. The number of ether oxygens (including phenoxy) is 1. The van der Waals surface area contributed by atoms with Gasteiger partial charge in [0.2, 0.25) is 0 Å². The van der Waals surface area contributed by atoms with Crippen LogP contribution in [0.3, 0.4) is 0 Å². The molecule has 0 unspecified atom stereocenters. The van der Waals surface area contributed by atoms with Crippen molar-refractivity contribution in [2.24, 2.45) is 5.92 Å². The third-order valence-corrected chi connectivity index (χ3v) is 4.84. The van der Waals surface area contributed by atoms with Crippen molar-refractivity contribution in [2.45, 2.75) is 17.7 Å². The van der Waals surface area contributed by atoms with E-state index < -0.39 is 15.0 Å². The van der Waals surface area contributed by atoms with Crippen molar-refractivity contribution >= 4 is 37.2 Å². The molecule has 1 aromatic rings. The topological polar surface area (TPSA) is 72.5 Å². The molecule has 116 valence electrons. The summed E-state index contributed by atoms with van der Waals surface area (Å²) in [5.74, 6) is 0.275. The molecule has 1 N–H and O–H groups in total. The lowest BCUT2D eigenvalue weighted by Gasteiger charge is -2.07. The molecule has 0 heterocycles. The fourth-order valence-corrected chi connectivity index (χ4v) is 3.20. The Bertz CT molecular complexity index is 629. The van der Waals surface area contributed by atoms with Gasteiger partial charge in [-0.05, 0) is 37.0 Å². The van der Waals surface area contributed by atoms with Crippen molar-refractivity contribution in [1.29, 1.82) is 0 Å². The van der Waals surface area contributed by atoms with Gasteiger partial charge in [0.05, 0.1) is 11.6 Å². The summed E-state index contributed by atoms with van der Waals surface area (Å²) in [6, 6.07) is 3.93. The highest BCUT2D eigenvalue weighted by Gasteiger charge is 2.21. The lowest BCUT2D eigenvalue weighted by atomic mass is 10.2. The molecule has 1 fully saturated rings. The van der Waals surface area contributed by atoms with Crippen LogP contribution in [0.1, 0.15) is 23.2 Å². The Morgan fingerprint density at radius 2 is 2.10 bits per heavy atom. The van der Waals surface area contributed by atoms with Gasteiger partial charge in [-0.2, -0.15) is 0 Å². The zero-order valence-electron chi connectivity index (χ0n) is 11.1. The molecule has 1 saturated carbocycles. The first kappa shape index (κ1) is 16.5. The molecule has 0 aliphatic heterocycles. The van der Waals surface area contributed by atoms with Crippen LogP contribution >= 0.6 is 22.3 Å². The molecule has 0 saturated heterocycles. The monoisotopic (exact) mass is 351 g/mol. The number of halogens is 2. The van der Waals surface area contributed by atoms with Gasteiger partial charge in [0, 0.05) is 29.4 Å². The molecule has 1 aromatic carbocycles. The maximum atomic E-state index is 11.9. The van der Waals surface area contributed by atoms with Crippen LogP contribution in [-0.4, -0.2) is 34.1 Å². The summed E-state index contributed by atoms with van der Waals surface area (Å²) in [6.07, 6.45) is 2.43. The molecule has 1 amide bonds. The number of carbonyl (C=O) groups is 1. The highest BCUT2D eigenvalue weighted by atomic mass is 35.7. The van der Waals surface area contributed by atoms with Gasteiger partial charge in [-0.15, -0.1) is 0 Å². The summed E-state index contributed by atoms with van der Waals surface area (Å²) in [6.45, 7) is 1.51. The standard InChI is InChI=1S/C13H15Cl2NO4S/c14-11-4-3-10(7-12(11)21(15,18)19)13(17)16-5-6-20-8-9-1-2-9/h3-4,7,9H,1-2,5-6,8H2,(H,16,17). The van der Waals surface area contributed by atoms with E-state index in [4.69, 9.17) is 27.0 Å². The third kappa shape index (κ3) is 5.14. The van der Waals surface area contributed by atoms with Crippen LogP contribution in [0.5, 0.6) is 0 Å². The van der Waals surface area contributed by atoms with Gasteiger partial charge >= 0.3 is 0 Å². The zero-order chi connectivity index (χ0) is 15.5. The zero-order valence-corrected chi connectivity index (χ0v) is 13.5. The number of rotatable bonds is 7. The minimum atomic E-state index is -3.99. The summed E-state index contributed by atoms with van der Waals surface area (Å²) >= 11 is 5.75. The maximum absolute atomic E-state index is 11.9. The van der Waals surface area contributed by atoms with Gasteiger partial charge in [0.1, 0.15) is 4.90 Å². The van der Waals surface area contributed by atoms with E-state index in [1.807, 2.05) is 0 Å². The number of amides is 1. The van der Waals surface area contributed by atoms with Crippen LogP contribution in [0.15, 0.2) is 23.1 Å². The van der Waals surface area contributed by atoms with E-state index in [2.05, 4.69) is 5.32 Å². The highest BCUT2D eigenvalue weighted by molar-refractivity contribution is 8.13. The molecule has 0 radical (unpaired) electrons. The minimum Gasteiger partial charge on any atom is -0.379 e. The highest BCUT2D eigenvalue weighted by Crippen LogP contribution is 2.28. The van der Waals surface area contributed by atoms with E-state index in [-0.39, 0.29) is 15.5 Å². The summed E-state index contributed by atoms with van der Waals surface area (Å²) in [4.78, 5) is 11.6. The SMILES string of the molecule is O=C(NCCOCC1CC1)c1ccc(Cl)c(S(=O)(=O)Cl)c1. The fourth-order valence-electron chi connectivity index (χ4n) is 1.70. The first-order chi connectivity index (χ1) is 9.88. The number of carbonyl (C=O) groups excluding carboxylic acids is 1. The second kappa shape index (κ2) is 6.96. The van der Waals surface area contributed by atoms with E-state index in [1.165, 1.54) is 25.0 Å². The molecular weight excluding hydrogens is 337 g/mol. The Labute approximate surface area is 133 Å². The summed E-state index contributed by atoms with van der Waals surface area (Å²) in [5, 5.41) is 2.63. The van der Waals surface area contributed by atoms with Gasteiger partial charge in [-0.3, -0.25) is 4.79 Å². The van der Waals surface area contributed by atoms with Crippen LogP contribution in [0.4, 0.5) is 0 Å². The van der Waals surface area contributed by atoms with Gasteiger partial charge in [0.25, 0.3) is 15.0 Å². The van der Waals surface area contributed by atoms with Crippen molar-refractivity contribution in [1.82, 2.24) is 5.32 Å². The van der Waals surface area contributed by atoms with Crippen molar-refractivity contribution < 1.29 is 17.9 Å². The van der Waals surface area contributed by atoms with Crippen LogP contribution in [0.25, 0.3) is 0 Å². The summed E-state index contributed by atoms with van der Waals surface area (Å²) < 4.78 is 28.0. The molecule has 5 nitrogen and oxygen atoms in total.